The normalized spacial score (nSPS) is 11.4. The third kappa shape index (κ3) is 8.08. The zero-order valence-corrected chi connectivity index (χ0v) is 14.2. The third-order valence-corrected chi connectivity index (χ3v) is 5.27. The van der Waals surface area contributed by atoms with E-state index in [4.69, 9.17) is 0 Å². The molecule has 0 heterocycles. The van der Waals surface area contributed by atoms with Crippen molar-refractivity contribution in [1.29, 1.82) is 0 Å². The van der Waals surface area contributed by atoms with E-state index in [9.17, 15) is 0 Å². The molecule has 0 amide bonds. The molecule has 1 aromatic carbocycles. The first kappa shape index (κ1) is 16.3. The van der Waals surface area contributed by atoms with Crippen molar-refractivity contribution in [2.45, 2.75) is 51.8 Å². The van der Waals surface area contributed by atoms with Gasteiger partial charge in [-0.1, -0.05) is 0 Å². The van der Waals surface area contributed by atoms with Crippen molar-refractivity contribution in [2.75, 3.05) is 0 Å². The molecule has 0 aliphatic rings. The topological polar surface area (TPSA) is 0 Å². The Morgan fingerprint density at radius 2 is 1.79 bits per heavy atom. The van der Waals surface area contributed by atoms with E-state index in [0.717, 1.165) is 0 Å². The van der Waals surface area contributed by atoms with E-state index >= 15 is 0 Å². The average Bonchev–Trinajstić information content (AvgIpc) is 2.42. The molecule has 0 saturated heterocycles. The van der Waals surface area contributed by atoms with Crippen molar-refractivity contribution < 1.29 is 0 Å². The average molecular weight is 321 g/mol. The predicted molar refractivity (Wildman–Crippen MR) is 88.3 cm³/mol. The molecule has 0 aliphatic carbocycles. The van der Waals surface area contributed by atoms with E-state index in [-0.39, 0.29) is 0 Å². The first-order valence-corrected chi connectivity index (χ1v) is 9.30. The Morgan fingerprint density at radius 1 is 1.05 bits per heavy atom. The maximum atomic E-state index is 2.36. The molecule has 0 fully saturated rings. The van der Waals surface area contributed by atoms with Gasteiger partial charge < -0.3 is 0 Å². The molecular weight excluding hydrogens is 295 g/mol. The van der Waals surface area contributed by atoms with Crippen LogP contribution >= 0.6 is 0 Å². The van der Waals surface area contributed by atoms with Gasteiger partial charge in [0.15, 0.2) is 0 Å². The fourth-order valence-electron chi connectivity index (χ4n) is 1.78. The predicted octanol–water partition coefficient (Wildman–Crippen LogP) is 4.91. The quantitative estimate of drug-likeness (QED) is 0.363. The molecule has 0 nitrogen and oxygen atoms in total. The second-order valence-corrected chi connectivity index (χ2v) is 7.33. The van der Waals surface area contributed by atoms with Crippen LogP contribution in [-0.4, -0.2) is 15.0 Å². The number of benzene rings is 1. The molecule has 104 valence electrons. The molecule has 1 aromatic rings. The first-order valence-electron chi connectivity index (χ1n) is 7.23. The minimum atomic E-state index is 0.578. The minimum absolute atomic E-state index is 0.578. The van der Waals surface area contributed by atoms with Crippen LogP contribution in [0.25, 0.3) is 0 Å². The van der Waals surface area contributed by atoms with Crippen LogP contribution in [0.2, 0.25) is 5.32 Å². The Bertz CT molecular complexity index is 397. The van der Waals surface area contributed by atoms with Gasteiger partial charge in [-0.25, -0.2) is 0 Å². The van der Waals surface area contributed by atoms with Gasteiger partial charge in [0, 0.05) is 0 Å². The summed E-state index contributed by atoms with van der Waals surface area (Å²) >= 11 is 0.578. The second kappa shape index (κ2) is 10.1. The SMILES string of the molecule is CCCCC/C(=C\C=C(C)C)C[Se]c1ccccc1. The Labute approximate surface area is 125 Å². The van der Waals surface area contributed by atoms with Crippen LogP contribution in [0.5, 0.6) is 0 Å². The van der Waals surface area contributed by atoms with Gasteiger partial charge in [0.2, 0.25) is 0 Å². The standard InChI is InChI=1S/C18H26Se/c1-4-5-7-10-17(14-13-16(2)3)15-19-18-11-8-6-9-12-18/h6,8-9,11-14H,4-5,7,10,15H2,1-3H3/b17-14+. The molecule has 0 N–H and O–H groups in total. The molecule has 0 bridgehead atoms. The van der Waals surface area contributed by atoms with Gasteiger partial charge >= 0.3 is 125 Å². The van der Waals surface area contributed by atoms with Crippen LogP contribution in [0, 0.1) is 0 Å². The monoisotopic (exact) mass is 322 g/mol. The summed E-state index contributed by atoms with van der Waals surface area (Å²) in [6.45, 7) is 6.61. The van der Waals surface area contributed by atoms with E-state index in [0.29, 0.717) is 15.0 Å². The van der Waals surface area contributed by atoms with Gasteiger partial charge in [0.25, 0.3) is 0 Å². The van der Waals surface area contributed by atoms with Crippen LogP contribution in [0.4, 0.5) is 0 Å². The van der Waals surface area contributed by atoms with Gasteiger partial charge in [0.05, 0.1) is 0 Å². The molecule has 0 aromatic heterocycles. The Morgan fingerprint density at radius 3 is 2.42 bits per heavy atom. The van der Waals surface area contributed by atoms with Gasteiger partial charge in [-0.3, -0.25) is 0 Å². The molecule has 1 heteroatoms. The van der Waals surface area contributed by atoms with E-state index in [1.54, 1.807) is 5.57 Å². The zero-order chi connectivity index (χ0) is 13.9. The first-order chi connectivity index (χ1) is 9.22. The van der Waals surface area contributed by atoms with Crippen LogP contribution < -0.4 is 4.46 Å². The van der Waals surface area contributed by atoms with Gasteiger partial charge in [0.1, 0.15) is 0 Å². The Balaban J connectivity index is 2.53. The van der Waals surface area contributed by atoms with Gasteiger partial charge in [-0.05, 0) is 0 Å². The van der Waals surface area contributed by atoms with Crippen molar-refractivity contribution in [1.82, 2.24) is 0 Å². The van der Waals surface area contributed by atoms with Crippen LogP contribution in [0.1, 0.15) is 46.5 Å². The zero-order valence-electron chi connectivity index (χ0n) is 12.5. The fourth-order valence-corrected chi connectivity index (χ4v) is 3.76. The Hall–Kier alpha value is -0.781. The third-order valence-electron chi connectivity index (χ3n) is 2.92. The number of hydrogen-bond donors (Lipinski definition) is 0. The van der Waals surface area contributed by atoms with E-state index in [1.807, 2.05) is 0 Å². The van der Waals surface area contributed by atoms with Crippen molar-refractivity contribution in [3.8, 4) is 0 Å². The Kier molecular flexibility index (Phi) is 8.62. The van der Waals surface area contributed by atoms with Crippen LogP contribution in [-0.2, 0) is 0 Å². The van der Waals surface area contributed by atoms with E-state index in [1.165, 1.54) is 41.0 Å². The van der Waals surface area contributed by atoms with Gasteiger partial charge in [-0.15, -0.1) is 0 Å². The van der Waals surface area contributed by atoms with Crippen molar-refractivity contribution >= 4 is 19.4 Å². The van der Waals surface area contributed by atoms with Crippen molar-refractivity contribution in [2.24, 2.45) is 0 Å². The van der Waals surface area contributed by atoms with E-state index in [2.05, 4.69) is 63.3 Å². The molecule has 0 spiro atoms. The summed E-state index contributed by atoms with van der Waals surface area (Å²) in [5.74, 6) is 0. The maximum absolute atomic E-state index is 2.36. The molecular formula is C18H26Se. The van der Waals surface area contributed by atoms with E-state index < -0.39 is 0 Å². The molecule has 0 unspecified atom stereocenters. The number of rotatable bonds is 8. The number of allylic oxidation sites excluding steroid dienone is 4. The molecule has 0 saturated carbocycles. The molecule has 0 aliphatic heterocycles. The van der Waals surface area contributed by atoms with Crippen molar-refractivity contribution in [3.05, 3.63) is 53.6 Å². The van der Waals surface area contributed by atoms with Crippen LogP contribution in [0.3, 0.4) is 0 Å². The summed E-state index contributed by atoms with van der Waals surface area (Å²) in [7, 11) is 0. The summed E-state index contributed by atoms with van der Waals surface area (Å²) in [5, 5.41) is 1.25. The summed E-state index contributed by atoms with van der Waals surface area (Å²) < 4.78 is 1.51. The summed E-state index contributed by atoms with van der Waals surface area (Å²) in [5.41, 5.74) is 3.01. The summed E-state index contributed by atoms with van der Waals surface area (Å²) in [6, 6.07) is 10.9. The molecule has 19 heavy (non-hydrogen) atoms. The summed E-state index contributed by atoms with van der Waals surface area (Å²) in [6.07, 6.45) is 9.89. The molecule has 0 atom stereocenters. The molecule has 0 radical (unpaired) electrons. The van der Waals surface area contributed by atoms with Crippen LogP contribution in [0.15, 0.2) is 53.6 Å². The number of unbranched alkanes of at least 4 members (excludes halogenated alkanes) is 2. The second-order valence-electron chi connectivity index (χ2n) is 5.13. The summed E-state index contributed by atoms with van der Waals surface area (Å²) in [4.78, 5) is 0. The fraction of sp³-hybridized carbons (Fsp3) is 0.444. The number of hydrogen-bond acceptors (Lipinski definition) is 0. The van der Waals surface area contributed by atoms with Gasteiger partial charge in [-0.2, -0.15) is 0 Å². The van der Waals surface area contributed by atoms with Crippen molar-refractivity contribution in [3.63, 3.8) is 0 Å². The molecule has 1 rings (SSSR count).